The van der Waals surface area contributed by atoms with Crippen LogP contribution in [0.1, 0.15) is 56.0 Å². The number of H-pyrrole nitrogens is 1. The normalized spacial score (nSPS) is 30.4. The Hall–Kier alpha value is -1.42. The quantitative estimate of drug-likeness (QED) is 0.836. The van der Waals surface area contributed by atoms with Crippen molar-refractivity contribution < 1.29 is 0 Å². The average molecular weight is 270 g/mol. The van der Waals surface area contributed by atoms with Crippen LogP contribution in [0.25, 0.3) is 11.2 Å². The number of piperidine rings is 1. The molecule has 20 heavy (non-hydrogen) atoms. The Morgan fingerprint density at radius 3 is 3.00 bits per heavy atom. The Bertz CT molecular complexity index is 618. The maximum Gasteiger partial charge on any atom is 0.177 e. The lowest BCUT2D eigenvalue weighted by Gasteiger charge is -2.39. The van der Waals surface area contributed by atoms with Crippen LogP contribution in [0.4, 0.5) is 0 Å². The fourth-order valence-corrected chi connectivity index (χ4v) is 3.90. The van der Waals surface area contributed by atoms with E-state index in [1.54, 1.807) is 0 Å². The van der Waals surface area contributed by atoms with E-state index < -0.39 is 0 Å². The van der Waals surface area contributed by atoms with Crippen molar-refractivity contribution >= 4 is 11.2 Å². The smallest absolute Gasteiger partial charge is 0.177 e. The molecule has 2 aromatic heterocycles. The number of aromatic nitrogens is 3. The first-order valence-corrected chi connectivity index (χ1v) is 7.88. The van der Waals surface area contributed by atoms with Crippen molar-refractivity contribution in [3.8, 4) is 0 Å². The molecule has 3 unspecified atom stereocenters. The number of hydrogen-bond donors (Lipinski definition) is 2. The van der Waals surface area contributed by atoms with Crippen molar-refractivity contribution in [3.05, 3.63) is 23.7 Å². The van der Waals surface area contributed by atoms with Gasteiger partial charge in [-0.1, -0.05) is 12.8 Å². The molecule has 3 atom stereocenters. The Labute approximate surface area is 119 Å². The molecule has 2 N–H and O–H groups in total. The standard InChI is InChI=1S/C16H22N4/c1-10-8-14-15(17-9-10)20-16(19-14)13-7-6-11-4-2-3-5-12(11)18-13/h8-9,11-13,18H,2-7H2,1H3,(H,17,19,20). The molecule has 1 saturated heterocycles. The van der Waals surface area contributed by atoms with Crippen LogP contribution < -0.4 is 5.32 Å². The summed E-state index contributed by atoms with van der Waals surface area (Å²) in [7, 11) is 0. The van der Waals surface area contributed by atoms with E-state index in [0.29, 0.717) is 12.1 Å². The summed E-state index contributed by atoms with van der Waals surface area (Å²) >= 11 is 0. The molecular weight excluding hydrogens is 248 g/mol. The Morgan fingerprint density at radius 2 is 2.05 bits per heavy atom. The molecule has 4 rings (SSSR count). The van der Waals surface area contributed by atoms with Crippen LogP contribution in [0.2, 0.25) is 0 Å². The highest BCUT2D eigenvalue weighted by molar-refractivity contribution is 5.71. The number of nitrogens with one attached hydrogen (secondary N) is 2. The van der Waals surface area contributed by atoms with Gasteiger partial charge in [-0.2, -0.15) is 0 Å². The average Bonchev–Trinajstić information content (AvgIpc) is 2.89. The summed E-state index contributed by atoms with van der Waals surface area (Å²) in [5, 5.41) is 3.83. The second-order valence-corrected chi connectivity index (χ2v) is 6.45. The molecule has 0 radical (unpaired) electrons. The van der Waals surface area contributed by atoms with E-state index in [9.17, 15) is 0 Å². The van der Waals surface area contributed by atoms with Crippen molar-refractivity contribution in [2.45, 2.75) is 57.5 Å². The van der Waals surface area contributed by atoms with E-state index in [-0.39, 0.29) is 0 Å². The first-order chi connectivity index (χ1) is 9.79. The van der Waals surface area contributed by atoms with Gasteiger partial charge in [0.15, 0.2) is 5.65 Å². The predicted molar refractivity (Wildman–Crippen MR) is 79.5 cm³/mol. The number of hydrogen-bond acceptors (Lipinski definition) is 3. The van der Waals surface area contributed by atoms with Gasteiger partial charge in [0.2, 0.25) is 0 Å². The Morgan fingerprint density at radius 1 is 1.15 bits per heavy atom. The van der Waals surface area contributed by atoms with Gasteiger partial charge in [0, 0.05) is 12.2 Å². The van der Waals surface area contributed by atoms with Gasteiger partial charge in [0.25, 0.3) is 0 Å². The summed E-state index contributed by atoms with van der Waals surface area (Å²) in [5.74, 6) is 1.96. The molecule has 4 heteroatoms. The van der Waals surface area contributed by atoms with Crippen molar-refractivity contribution in [2.75, 3.05) is 0 Å². The zero-order valence-corrected chi connectivity index (χ0v) is 12.0. The highest BCUT2D eigenvalue weighted by Gasteiger charge is 2.33. The largest absolute Gasteiger partial charge is 0.339 e. The summed E-state index contributed by atoms with van der Waals surface area (Å²) in [6, 6.07) is 3.21. The van der Waals surface area contributed by atoms with Crippen molar-refractivity contribution in [3.63, 3.8) is 0 Å². The van der Waals surface area contributed by atoms with Gasteiger partial charge in [0.05, 0.1) is 11.6 Å². The molecule has 0 amide bonds. The number of aromatic amines is 1. The zero-order chi connectivity index (χ0) is 13.5. The van der Waals surface area contributed by atoms with Crippen molar-refractivity contribution in [1.82, 2.24) is 20.3 Å². The summed E-state index contributed by atoms with van der Waals surface area (Å²) in [4.78, 5) is 12.6. The number of pyridine rings is 1. The molecule has 1 aliphatic carbocycles. The summed E-state index contributed by atoms with van der Waals surface area (Å²) in [6.45, 7) is 2.07. The molecule has 2 aromatic rings. The third-order valence-corrected chi connectivity index (χ3v) is 4.97. The SMILES string of the molecule is Cc1cnc2nc(C3CCC4CCCCC4N3)[nH]c2c1. The molecule has 4 nitrogen and oxygen atoms in total. The topological polar surface area (TPSA) is 53.6 Å². The second kappa shape index (κ2) is 4.85. The molecule has 0 spiro atoms. The third-order valence-electron chi connectivity index (χ3n) is 4.97. The van der Waals surface area contributed by atoms with Crippen LogP contribution >= 0.6 is 0 Å². The minimum Gasteiger partial charge on any atom is -0.339 e. The highest BCUT2D eigenvalue weighted by Crippen LogP contribution is 2.36. The lowest BCUT2D eigenvalue weighted by molar-refractivity contribution is 0.174. The fourth-order valence-electron chi connectivity index (χ4n) is 3.90. The van der Waals surface area contributed by atoms with Crippen molar-refractivity contribution in [2.24, 2.45) is 5.92 Å². The second-order valence-electron chi connectivity index (χ2n) is 6.45. The van der Waals surface area contributed by atoms with Crippen LogP contribution in [-0.2, 0) is 0 Å². The summed E-state index contributed by atoms with van der Waals surface area (Å²) < 4.78 is 0. The maximum atomic E-state index is 4.69. The molecule has 0 aromatic carbocycles. The van der Waals surface area contributed by atoms with Crippen molar-refractivity contribution in [1.29, 1.82) is 0 Å². The minimum absolute atomic E-state index is 0.379. The fraction of sp³-hybridized carbons (Fsp3) is 0.625. The maximum absolute atomic E-state index is 4.69. The predicted octanol–water partition coefficient (Wildman–Crippen LogP) is 3.25. The van der Waals surface area contributed by atoms with Gasteiger partial charge in [-0.15, -0.1) is 0 Å². The molecule has 0 bridgehead atoms. The van der Waals surface area contributed by atoms with Gasteiger partial charge in [-0.05, 0) is 50.2 Å². The number of aryl methyl sites for hydroxylation is 1. The molecular formula is C16H22N4. The molecule has 2 aliphatic rings. The Kier molecular flexibility index (Phi) is 2.99. The van der Waals surface area contributed by atoms with Crippen LogP contribution in [-0.4, -0.2) is 21.0 Å². The van der Waals surface area contributed by atoms with Gasteiger partial charge in [-0.3, -0.25) is 0 Å². The molecule has 2 fully saturated rings. The lowest BCUT2D eigenvalue weighted by atomic mass is 9.77. The number of fused-ring (bicyclic) bond motifs is 2. The molecule has 106 valence electrons. The van der Waals surface area contributed by atoms with Gasteiger partial charge >= 0.3 is 0 Å². The highest BCUT2D eigenvalue weighted by atomic mass is 15.1. The van der Waals surface area contributed by atoms with Crippen LogP contribution in [0, 0.1) is 12.8 Å². The van der Waals surface area contributed by atoms with E-state index in [1.165, 1.54) is 44.1 Å². The summed E-state index contributed by atoms with van der Waals surface area (Å²) in [5.41, 5.74) is 3.09. The first-order valence-electron chi connectivity index (χ1n) is 7.88. The molecule has 1 aliphatic heterocycles. The summed E-state index contributed by atoms with van der Waals surface area (Å²) in [6.07, 6.45) is 9.96. The molecule has 3 heterocycles. The van der Waals surface area contributed by atoms with Crippen LogP contribution in [0.15, 0.2) is 12.3 Å². The van der Waals surface area contributed by atoms with E-state index >= 15 is 0 Å². The van der Waals surface area contributed by atoms with E-state index in [1.807, 2.05) is 6.20 Å². The number of rotatable bonds is 1. The third kappa shape index (κ3) is 2.12. The zero-order valence-electron chi connectivity index (χ0n) is 12.0. The lowest BCUT2D eigenvalue weighted by Crippen LogP contribution is -2.45. The van der Waals surface area contributed by atoms with Gasteiger partial charge in [-0.25, -0.2) is 9.97 Å². The van der Waals surface area contributed by atoms with E-state index in [4.69, 9.17) is 0 Å². The van der Waals surface area contributed by atoms with Gasteiger partial charge in [0.1, 0.15) is 5.82 Å². The van der Waals surface area contributed by atoms with Crippen LogP contribution in [0.5, 0.6) is 0 Å². The minimum atomic E-state index is 0.379. The Balaban J connectivity index is 1.59. The molecule has 1 saturated carbocycles. The monoisotopic (exact) mass is 270 g/mol. The number of nitrogens with zero attached hydrogens (tertiary/aromatic N) is 2. The van der Waals surface area contributed by atoms with Gasteiger partial charge < -0.3 is 10.3 Å². The van der Waals surface area contributed by atoms with E-state index in [2.05, 4.69) is 33.3 Å². The number of imidazole rings is 1. The van der Waals surface area contributed by atoms with E-state index in [0.717, 1.165) is 22.9 Å². The van der Waals surface area contributed by atoms with Crippen LogP contribution in [0.3, 0.4) is 0 Å². The first kappa shape index (κ1) is 12.3.